The number of alkyl halides is 3. The van der Waals surface area contributed by atoms with Gasteiger partial charge in [-0.2, -0.15) is 18.3 Å². The summed E-state index contributed by atoms with van der Waals surface area (Å²) in [5.74, 6) is 0.434. The van der Waals surface area contributed by atoms with Gasteiger partial charge < -0.3 is 9.47 Å². The van der Waals surface area contributed by atoms with Crippen molar-refractivity contribution in [2.45, 2.75) is 19.2 Å². The van der Waals surface area contributed by atoms with Crippen LogP contribution in [0.1, 0.15) is 18.1 Å². The highest BCUT2D eigenvalue weighted by Gasteiger charge is 2.30. The molecule has 26 heavy (non-hydrogen) atoms. The van der Waals surface area contributed by atoms with Gasteiger partial charge in [0.25, 0.3) is 5.91 Å². The number of fused-ring (bicyclic) bond motifs is 1. The minimum Gasteiger partial charge on any atom is -0.485 e. The van der Waals surface area contributed by atoms with Crippen molar-refractivity contribution < 1.29 is 27.4 Å². The molecular formula is C18H15F3N2O3. The second-order valence-corrected chi connectivity index (χ2v) is 5.62. The van der Waals surface area contributed by atoms with Gasteiger partial charge >= 0.3 is 6.18 Å². The molecule has 1 aliphatic heterocycles. The number of carbonyl (C=O) groups excluding carboxylic acids is 1. The normalized spacial score (nSPS) is 16.9. The van der Waals surface area contributed by atoms with Crippen LogP contribution in [0.2, 0.25) is 0 Å². The second-order valence-electron chi connectivity index (χ2n) is 5.62. The van der Waals surface area contributed by atoms with E-state index < -0.39 is 23.8 Å². The molecule has 1 aliphatic rings. The number of ether oxygens (including phenoxy) is 2. The summed E-state index contributed by atoms with van der Waals surface area (Å²) < 4.78 is 49.3. The smallest absolute Gasteiger partial charge is 0.416 e. The van der Waals surface area contributed by atoms with Crippen molar-refractivity contribution in [2.75, 3.05) is 6.61 Å². The highest BCUT2D eigenvalue weighted by atomic mass is 19.4. The summed E-state index contributed by atoms with van der Waals surface area (Å²) in [5, 5.41) is 3.86. The van der Waals surface area contributed by atoms with Gasteiger partial charge in [0.05, 0.1) is 11.3 Å². The minimum atomic E-state index is -4.44. The number of hydrogen-bond donors (Lipinski definition) is 1. The van der Waals surface area contributed by atoms with Crippen LogP contribution in [0.15, 0.2) is 53.6 Å². The number of halogens is 3. The second kappa shape index (κ2) is 7.07. The van der Waals surface area contributed by atoms with E-state index in [0.29, 0.717) is 11.5 Å². The molecule has 1 N–H and O–H groups in total. The SMILES string of the molecule is C/C(=N/NC(=O)C1COc2ccccc2O1)c1cccc(C(F)(F)F)c1. The van der Waals surface area contributed by atoms with Crippen molar-refractivity contribution in [2.24, 2.45) is 5.10 Å². The fraction of sp³-hybridized carbons (Fsp3) is 0.222. The Morgan fingerprint density at radius 1 is 1.15 bits per heavy atom. The van der Waals surface area contributed by atoms with Gasteiger partial charge in [-0.3, -0.25) is 4.79 Å². The molecule has 0 aliphatic carbocycles. The van der Waals surface area contributed by atoms with Gasteiger partial charge in [-0.05, 0) is 36.8 Å². The van der Waals surface area contributed by atoms with Crippen molar-refractivity contribution in [3.8, 4) is 11.5 Å². The summed E-state index contributed by atoms with van der Waals surface area (Å²) in [6.45, 7) is 1.52. The molecule has 0 saturated heterocycles. The van der Waals surface area contributed by atoms with Crippen LogP contribution in [0.4, 0.5) is 13.2 Å². The predicted octanol–water partition coefficient (Wildman–Crippen LogP) is 3.39. The number of para-hydroxylation sites is 2. The highest BCUT2D eigenvalue weighted by Crippen LogP contribution is 2.31. The number of rotatable bonds is 3. The lowest BCUT2D eigenvalue weighted by atomic mass is 10.1. The van der Waals surface area contributed by atoms with E-state index in [0.717, 1.165) is 12.1 Å². The van der Waals surface area contributed by atoms with Crippen LogP contribution in [-0.2, 0) is 11.0 Å². The summed E-state index contributed by atoms with van der Waals surface area (Å²) in [5.41, 5.74) is 2.01. The molecule has 1 heterocycles. The third kappa shape index (κ3) is 3.96. The van der Waals surface area contributed by atoms with E-state index >= 15 is 0 Å². The molecule has 5 nitrogen and oxygen atoms in total. The standard InChI is InChI=1S/C18H15F3N2O3/c1-11(12-5-4-6-13(9-12)18(19,20)21)22-23-17(24)16-10-25-14-7-2-3-8-15(14)26-16/h2-9,16H,10H2,1H3,(H,23,24)/b22-11-. The average Bonchev–Trinajstić information content (AvgIpc) is 2.64. The Morgan fingerprint density at radius 3 is 2.62 bits per heavy atom. The molecule has 8 heteroatoms. The third-order valence-electron chi connectivity index (χ3n) is 3.74. The largest absolute Gasteiger partial charge is 0.485 e. The summed E-state index contributed by atoms with van der Waals surface area (Å²) in [7, 11) is 0. The maximum atomic E-state index is 12.8. The fourth-order valence-electron chi connectivity index (χ4n) is 2.34. The van der Waals surface area contributed by atoms with E-state index in [-0.39, 0.29) is 17.9 Å². The van der Waals surface area contributed by atoms with E-state index in [9.17, 15) is 18.0 Å². The fourth-order valence-corrected chi connectivity index (χ4v) is 2.34. The summed E-state index contributed by atoms with van der Waals surface area (Å²) in [4.78, 5) is 12.2. The number of nitrogens with zero attached hydrogens (tertiary/aromatic N) is 1. The molecule has 1 amide bonds. The summed E-state index contributed by atoms with van der Waals surface area (Å²) in [6.07, 6.45) is -5.34. The van der Waals surface area contributed by atoms with E-state index in [1.807, 2.05) is 0 Å². The van der Waals surface area contributed by atoms with Gasteiger partial charge in [-0.1, -0.05) is 24.3 Å². The lowest BCUT2D eigenvalue weighted by molar-refractivity contribution is -0.137. The number of carbonyl (C=O) groups is 1. The first kappa shape index (κ1) is 17.8. The van der Waals surface area contributed by atoms with Gasteiger partial charge in [0.2, 0.25) is 6.10 Å². The monoisotopic (exact) mass is 364 g/mol. The van der Waals surface area contributed by atoms with Crippen LogP contribution in [-0.4, -0.2) is 24.3 Å². The highest BCUT2D eigenvalue weighted by molar-refractivity contribution is 5.99. The summed E-state index contributed by atoms with van der Waals surface area (Å²) >= 11 is 0. The zero-order chi connectivity index (χ0) is 18.7. The minimum absolute atomic E-state index is 0.0149. The van der Waals surface area contributed by atoms with E-state index in [4.69, 9.17) is 9.47 Å². The third-order valence-corrected chi connectivity index (χ3v) is 3.74. The summed E-state index contributed by atoms with van der Waals surface area (Å²) in [6, 6.07) is 11.6. The van der Waals surface area contributed by atoms with Gasteiger partial charge in [0, 0.05) is 0 Å². The molecule has 1 unspecified atom stereocenters. The lowest BCUT2D eigenvalue weighted by Gasteiger charge is -2.24. The number of benzene rings is 2. The quantitative estimate of drug-likeness (QED) is 0.671. The van der Waals surface area contributed by atoms with Crippen LogP contribution in [0.3, 0.4) is 0 Å². The number of hydrogen-bond acceptors (Lipinski definition) is 4. The van der Waals surface area contributed by atoms with Crippen molar-refractivity contribution in [1.82, 2.24) is 5.43 Å². The number of hydrazone groups is 1. The molecule has 0 radical (unpaired) electrons. The van der Waals surface area contributed by atoms with Crippen LogP contribution < -0.4 is 14.9 Å². The maximum Gasteiger partial charge on any atom is 0.416 e. The molecule has 2 aromatic rings. The Hall–Kier alpha value is -3.03. The Balaban J connectivity index is 1.67. The molecule has 0 bridgehead atoms. The molecule has 0 aromatic heterocycles. The zero-order valence-electron chi connectivity index (χ0n) is 13.7. The van der Waals surface area contributed by atoms with Crippen LogP contribution in [0.5, 0.6) is 11.5 Å². The topological polar surface area (TPSA) is 59.9 Å². The maximum absolute atomic E-state index is 12.8. The molecule has 0 fully saturated rings. The molecule has 0 spiro atoms. The molecule has 136 valence electrons. The number of amides is 1. The molecular weight excluding hydrogens is 349 g/mol. The van der Waals surface area contributed by atoms with E-state index in [1.54, 1.807) is 24.3 Å². The van der Waals surface area contributed by atoms with Gasteiger partial charge in [0.15, 0.2) is 11.5 Å². The predicted molar refractivity (Wildman–Crippen MR) is 88.2 cm³/mol. The van der Waals surface area contributed by atoms with E-state index in [2.05, 4.69) is 10.5 Å². The van der Waals surface area contributed by atoms with E-state index in [1.165, 1.54) is 19.1 Å². The zero-order valence-corrected chi connectivity index (χ0v) is 13.7. The van der Waals surface area contributed by atoms with Crippen molar-refractivity contribution >= 4 is 11.6 Å². The van der Waals surface area contributed by atoms with Gasteiger partial charge in [-0.15, -0.1) is 0 Å². The Bertz CT molecular complexity index is 850. The first-order valence-electron chi connectivity index (χ1n) is 7.75. The van der Waals surface area contributed by atoms with Crippen LogP contribution in [0, 0.1) is 0 Å². The van der Waals surface area contributed by atoms with Crippen LogP contribution in [0.25, 0.3) is 0 Å². The first-order chi connectivity index (χ1) is 12.3. The number of nitrogens with one attached hydrogen (secondary N) is 1. The lowest BCUT2D eigenvalue weighted by Crippen LogP contribution is -2.42. The molecule has 2 aromatic carbocycles. The first-order valence-corrected chi connectivity index (χ1v) is 7.75. The Kier molecular flexibility index (Phi) is 4.83. The van der Waals surface area contributed by atoms with Gasteiger partial charge in [-0.25, -0.2) is 5.43 Å². The van der Waals surface area contributed by atoms with Crippen molar-refractivity contribution in [3.05, 3.63) is 59.7 Å². The Morgan fingerprint density at radius 2 is 1.88 bits per heavy atom. The van der Waals surface area contributed by atoms with Gasteiger partial charge in [0.1, 0.15) is 6.61 Å². The van der Waals surface area contributed by atoms with Crippen molar-refractivity contribution in [3.63, 3.8) is 0 Å². The molecule has 1 atom stereocenters. The Labute approximate surface area is 147 Å². The van der Waals surface area contributed by atoms with Crippen molar-refractivity contribution in [1.29, 1.82) is 0 Å². The molecule has 3 rings (SSSR count). The van der Waals surface area contributed by atoms with Crippen LogP contribution >= 0.6 is 0 Å². The molecule has 0 saturated carbocycles. The average molecular weight is 364 g/mol.